The normalized spacial score (nSPS) is 12.9. The van der Waals surface area contributed by atoms with Gasteiger partial charge in [0.1, 0.15) is 5.01 Å². The van der Waals surface area contributed by atoms with Gasteiger partial charge in [-0.2, -0.15) is 5.10 Å². The average Bonchev–Trinajstić information content (AvgIpc) is 2.87. The highest BCUT2D eigenvalue weighted by Gasteiger charge is 2.10. The molecule has 16 heavy (non-hydrogen) atoms. The number of thiazole rings is 1. The van der Waals surface area contributed by atoms with Gasteiger partial charge in [-0.1, -0.05) is 0 Å². The van der Waals surface area contributed by atoms with Gasteiger partial charge in [0.05, 0.1) is 11.7 Å². The number of H-pyrrole nitrogens is 1. The van der Waals surface area contributed by atoms with Crippen LogP contribution in [0.1, 0.15) is 34.9 Å². The lowest BCUT2D eigenvalue weighted by atomic mass is 10.2. The highest BCUT2D eigenvalue weighted by atomic mass is 32.1. The molecular weight excluding hydrogens is 220 g/mol. The van der Waals surface area contributed by atoms with E-state index in [1.807, 2.05) is 25.4 Å². The van der Waals surface area contributed by atoms with Crippen molar-refractivity contribution in [2.75, 3.05) is 0 Å². The second-order valence-electron chi connectivity index (χ2n) is 3.89. The highest BCUT2D eigenvalue weighted by Crippen LogP contribution is 2.16. The third kappa shape index (κ3) is 2.31. The van der Waals surface area contributed by atoms with E-state index in [-0.39, 0.29) is 6.04 Å². The first-order chi connectivity index (χ1) is 7.68. The molecule has 2 rings (SSSR count). The van der Waals surface area contributed by atoms with Crippen LogP contribution in [0.25, 0.3) is 0 Å². The minimum atomic E-state index is 0.286. The van der Waals surface area contributed by atoms with Crippen LogP contribution < -0.4 is 5.32 Å². The van der Waals surface area contributed by atoms with Crippen LogP contribution in [0.3, 0.4) is 0 Å². The summed E-state index contributed by atoms with van der Waals surface area (Å²) in [7, 11) is 0. The quantitative estimate of drug-likeness (QED) is 0.856. The van der Waals surface area contributed by atoms with Gasteiger partial charge in [0, 0.05) is 29.4 Å². The molecular formula is C11H16N4S. The Morgan fingerprint density at radius 2 is 2.31 bits per heavy atom. The van der Waals surface area contributed by atoms with E-state index in [0.717, 1.165) is 22.9 Å². The molecule has 0 fully saturated rings. The fourth-order valence-electron chi connectivity index (χ4n) is 1.63. The van der Waals surface area contributed by atoms with Crippen molar-refractivity contribution in [3.63, 3.8) is 0 Å². The van der Waals surface area contributed by atoms with Crippen LogP contribution in [0.15, 0.2) is 11.6 Å². The molecule has 0 aliphatic heterocycles. The molecule has 0 aliphatic carbocycles. The van der Waals surface area contributed by atoms with E-state index in [1.165, 1.54) is 5.56 Å². The largest absolute Gasteiger partial charge is 0.304 e. The van der Waals surface area contributed by atoms with Crippen molar-refractivity contribution < 1.29 is 0 Å². The van der Waals surface area contributed by atoms with Crippen LogP contribution in [-0.2, 0) is 6.54 Å². The maximum absolute atomic E-state index is 4.29. The van der Waals surface area contributed by atoms with Gasteiger partial charge in [-0.05, 0) is 20.8 Å². The summed E-state index contributed by atoms with van der Waals surface area (Å²) in [4.78, 5) is 4.29. The molecule has 4 nitrogen and oxygen atoms in total. The maximum Gasteiger partial charge on any atom is 0.109 e. The predicted molar refractivity (Wildman–Crippen MR) is 65.4 cm³/mol. The van der Waals surface area contributed by atoms with Gasteiger partial charge in [-0.15, -0.1) is 11.3 Å². The first-order valence-electron chi connectivity index (χ1n) is 5.31. The number of rotatable bonds is 4. The SMILES string of the molecule is Cc1n[nH]c(C)c1CNC(C)c1nccs1. The molecule has 2 aromatic heterocycles. The third-order valence-electron chi connectivity index (χ3n) is 2.69. The molecule has 86 valence electrons. The molecule has 1 unspecified atom stereocenters. The summed E-state index contributed by atoms with van der Waals surface area (Å²) in [5.41, 5.74) is 3.45. The smallest absolute Gasteiger partial charge is 0.109 e. The fourth-order valence-corrected chi connectivity index (χ4v) is 2.30. The number of hydrogen-bond acceptors (Lipinski definition) is 4. The van der Waals surface area contributed by atoms with E-state index >= 15 is 0 Å². The lowest BCUT2D eigenvalue weighted by Crippen LogP contribution is -2.18. The number of nitrogens with one attached hydrogen (secondary N) is 2. The van der Waals surface area contributed by atoms with Crippen molar-refractivity contribution >= 4 is 11.3 Å². The number of nitrogens with zero attached hydrogens (tertiary/aromatic N) is 2. The van der Waals surface area contributed by atoms with Crippen molar-refractivity contribution in [2.24, 2.45) is 0 Å². The summed E-state index contributed by atoms with van der Waals surface area (Å²) in [6.45, 7) is 7.03. The van der Waals surface area contributed by atoms with E-state index in [4.69, 9.17) is 0 Å². The molecule has 2 N–H and O–H groups in total. The van der Waals surface area contributed by atoms with Crippen molar-refractivity contribution in [3.05, 3.63) is 33.5 Å². The van der Waals surface area contributed by atoms with Crippen molar-refractivity contribution in [1.82, 2.24) is 20.5 Å². The molecule has 0 saturated carbocycles. The summed E-state index contributed by atoms with van der Waals surface area (Å²) in [5.74, 6) is 0. The molecule has 0 bridgehead atoms. The molecule has 2 aromatic rings. The second kappa shape index (κ2) is 4.76. The van der Waals surface area contributed by atoms with Crippen LogP contribution in [0.2, 0.25) is 0 Å². The van der Waals surface area contributed by atoms with Gasteiger partial charge in [-0.3, -0.25) is 5.10 Å². The van der Waals surface area contributed by atoms with Crippen molar-refractivity contribution in [2.45, 2.75) is 33.4 Å². The van der Waals surface area contributed by atoms with E-state index < -0.39 is 0 Å². The lowest BCUT2D eigenvalue weighted by Gasteiger charge is -2.10. The van der Waals surface area contributed by atoms with Crippen LogP contribution in [0.4, 0.5) is 0 Å². The first kappa shape index (κ1) is 11.3. The Kier molecular flexibility index (Phi) is 3.36. The van der Waals surface area contributed by atoms with E-state index in [9.17, 15) is 0 Å². The van der Waals surface area contributed by atoms with Gasteiger partial charge in [0.2, 0.25) is 0 Å². The van der Waals surface area contributed by atoms with Crippen LogP contribution in [-0.4, -0.2) is 15.2 Å². The van der Waals surface area contributed by atoms with Crippen LogP contribution in [0.5, 0.6) is 0 Å². The van der Waals surface area contributed by atoms with Crippen LogP contribution >= 0.6 is 11.3 Å². The average molecular weight is 236 g/mol. The van der Waals surface area contributed by atoms with E-state index in [0.29, 0.717) is 0 Å². The molecule has 5 heteroatoms. The first-order valence-corrected chi connectivity index (χ1v) is 6.19. The molecule has 0 saturated heterocycles. The number of aryl methyl sites for hydroxylation is 2. The molecule has 0 spiro atoms. The van der Waals surface area contributed by atoms with Gasteiger partial charge in [0.25, 0.3) is 0 Å². The minimum Gasteiger partial charge on any atom is -0.304 e. The van der Waals surface area contributed by atoms with Gasteiger partial charge >= 0.3 is 0 Å². The molecule has 2 heterocycles. The summed E-state index contributed by atoms with van der Waals surface area (Å²) in [6.07, 6.45) is 1.84. The Labute approximate surface area is 99.1 Å². The molecule has 1 atom stereocenters. The summed E-state index contributed by atoms with van der Waals surface area (Å²) in [6, 6.07) is 0.286. The molecule has 0 aliphatic rings. The Hall–Kier alpha value is -1.20. The highest BCUT2D eigenvalue weighted by molar-refractivity contribution is 7.09. The molecule has 0 amide bonds. The van der Waals surface area contributed by atoms with E-state index in [1.54, 1.807) is 11.3 Å². The third-order valence-corrected chi connectivity index (χ3v) is 3.65. The van der Waals surface area contributed by atoms with Crippen LogP contribution in [0, 0.1) is 13.8 Å². The molecule has 0 aromatic carbocycles. The monoisotopic (exact) mass is 236 g/mol. The molecule has 0 radical (unpaired) electrons. The summed E-state index contributed by atoms with van der Waals surface area (Å²) in [5, 5.41) is 13.8. The number of aromatic amines is 1. The zero-order chi connectivity index (χ0) is 11.5. The standard InChI is InChI=1S/C11H16N4S/c1-7-10(8(2)15-14-7)6-13-9(3)11-12-4-5-16-11/h4-5,9,13H,6H2,1-3H3,(H,14,15). The Morgan fingerprint density at radius 1 is 1.50 bits per heavy atom. The zero-order valence-corrected chi connectivity index (χ0v) is 10.6. The maximum atomic E-state index is 4.29. The number of hydrogen-bond donors (Lipinski definition) is 2. The Morgan fingerprint density at radius 3 is 2.88 bits per heavy atom. The fraction of sp³-hybridized carbons (Fsp3) is 0.455. The minimum absolute atomic E-state index is 0.286. The predicted octanol–water partition coefficient (Wildman–Crippen LogP) is 2.33. The van der Waals surface area contributed by atoms with Crippen molar-refractivity contribution in [3.8, 4) is 0 Å². The lowest BCUT2D eigenvalue weighted by molar-refractivity contribution is 0.569. The number of aromatic nitrogens is 3. The summed E-state index contributed by atoms with van der Waals surface area (Å²) < 4.78 is 0. The second-order valence-corrected chi connectivity index (χ2v) is 4.81. The van der Waals surface area contributed by atoms with Crippen molar-refractivity contribution in [1.29, 1.82) is 0 Å². The summed E-state index contributed by atoms with van der Waals surface area (Å²) >= 11 is 1.68. The van der Waals surface area contributed by atoms with Gasteiger partial charge in [-0.25, -0.2) is 4.98 Å². The topological polar surface area (TPSA) is 53.6 Å². The van der Waals surface area contributed by atoms with Gasteiger partial charge in [0.15, 0.2) is 0 Å². The zero-order valence-electron chi connectivity index (χ0n) is 9.74. The Bertz CT molecular complexity index is 427. The van der Waals surface area contributed by atoms with Gasteiger partial charge < -0.3 is 5.32 Å². The Balaban J connectivity index is 1.98. The van der Waals surface area contributed by atoms with E-state index in [2.05, 4.69) is 27.4 Å².